The lowest BCUT2D eigenvalue weighted by Gasteiger charge is -2.19. The number of carboxylic acids is 1. The van der Waals surface area contributed by atoms with E-state index in [4.69, 9.17) is 9.84 Å². The molecule has 2 unspecified atom stereocenters. The predicted octanol–water partition coefficient (Wildman–Crippen LogP) is 1.51. The molecule has 2 amide bonds. The molecule has 0 saturated carbocycles. The van der Waals surface area contributed by atoms with Gasteiger partial charge in [0.05, 0.1) is 6.42 Å². The highest BCUT2D eigenvalue weighted by Crippen LogP contribution is 2.21. The highest BCUT2D eigenvalue weighted by atomic mass is 19.4. The maximum absolute atomic E-state index is 12.1. The van der Waals surface area contributed by atoms with E-state index in [0.29, 0.717) is 13.0 Å². The van der Waals surface area contributed by atoms with Crippen LogP contribution in [0.2, 0.25) is 0 Å². The van der Waals surface area contributed by atoms with Crippen LogP contribution in [-0.4, -0.2) is 49.1 Å². The van der Waals surface area contributed by atoms with Gasteiger partial charge in [-0.2, -0.15) is 13.2 Å². The van der Waals surface area contributed by atoms with E-state index in [2.05, 4.69) is 5.32 Å². The summed E-state index contributed by atoms with van der Waals surface area (Å²) in [6, 6.07) is -3.24. The van der Waals surface area contributed by atoms with E-state index in [-0.39, 0.29) is 6.42 Å². The summed E-state index contributed by atoms with van der Waals surface area (Å²) in [5.74, 6) is -1.25. The molecule has 0 fully saturated rings. The lowest BCUT2D eigenvalue weighted by Crippen LogP contribution is -2.49. The van der Waals surface area contributed by atoms with Gasteiger partial charge in [0.2, 0.25) is 0 Å². The Morgan fingerprint density at radius 3 is 2.35 bits per heavy atom. The number of aliphatic carboxylic acids is 1. The van der Waals surface area contributed by atoms with Gasteiger partial charge in [-0.15, -0.1) is 0 Å². The van der Waals surface area contributed by atoms with Crippen molar-refractivity contribution in [3.63, 3.8) is 0 Å². The van der Waals surface area contributed by atoms with E-state index in [0.717, 1.165) is 0 Å². The standard InChI is InChI=1S/C11H19F3N2O4/c1-7(6-11(12,13)14)15-10(19)16-8(9(17)18)4-3-5-20-2/h7-8H,3-6H2,1-2H3,(H,17,18)(H2,15,16,19). The minimum atomic E-state index is -4.39. The van der Waals surface area contributed by atoms with Crippen LogP contribution in [0.25, 0.3) is 0 Å². The zero-order chi connectivity index (χ0) is 15.8. The molecule has 0 aliphatic heterocycles. The molecule has 2 atom stereocenters. The normalized spacial score (nSPS) is 14.4. The van der Waals surface area contributed by atoms with Crippen LogP contribution in [0.4, 0.5) is 18.0 Å². The van der Waals surface area contributed by atoms with Gasteiger partial charge in [-0.1, -0.05) is 0 Å². The lowest BCUT2D eigenvalue weighted by atomic mass is 10.1. The zero-order valence-electron chi connectivity index (χ0n) is 11.3. The van der Waals surface area contributed by atoms with Crippen molar-refractivity contribution in [1.29, 1.82) is 0 Å². The lowest BCUT2D eigenvalue weighted by molar-refractivity contribution is -0.140. The number of nitrogens with one attached hydrogen (secondary N) is 2. The first-order valence-corrected chi connectivity index (χ1v) is 6.01. The Balaban J connectivity index is 4.22. The van der Waals surface area contributed by atoms with Crippen molar-refractivity contribution in [3.8, 4) is 0 Å². The Kier molecular flexibility index (Phi) is 7.97. The number of urea groups is 1. The van der Waals surface area contributed by atoms with E-state index in [9.17, 15) is 22.8 Å². The van der Waals surface area contributed by atoms with Gasteiger partial charge in [-0.25, -0.2) is 9.59 Å². The number of methoxy groups -OCH3 is 1. The molecule has 6 nitrogen and oxygen atoms in total. The third kappa shape index (κ3) is 9.42. The molecule has 0 aromatic heterocycles. The minimum Gasteiger partial charge on any atom is -0.480 e. The second kappa shape index (κ2) is 8.62. The van der Waals surface area contributed by atoms with Crippen molar-refractivity contribution < 1.29 is 32.6 Å². The first-order valence-electron chi connectivity index (χ1n) is 6.01. The van der Waals surface area contributed by atoms with Crippen LogP contribution in [0.1, 0.15) is 26.2 Å². The van der Waals surface area contributed by atoms with Crippen LogP contribution >= 0.6 is 0 Å². The summed E-state index contributed by atoms with van der Waals surface area (Å²) in [5.41, 5.74) is 0. The van der Waals surface area contributed by atoms with Gasteiger partial charge >= 0.3 is 18.2 Å². The zero-order valence-corrected chi connectivity index (χ0v) is 11.3. The predicted molar refractivity (Wildman–Crippen MR) is 64.3 cm³/mol. The van der Waals surface area contributed by atoms with Gasteiger partial charge in [-0.05, 0) is 19.8 Å². The fraction of sp³-hybridized carbons (Fsp3) is 0.818. The van der Waals surface area contributed by atoms with E-state index in [1.165, 1.54) is 14.0 Å². The highest BCUT2D eigenvalue weighted by Gasteiger charge is 2.31. The summed E-state index contributed by atoms with van der Waals surface area (Å²) in [6.07, 6.45) is -5.03. The number of amides is 2. The Labute approximate surface area is 114 Å². The molecule has 118 valence electrons. The monoisotopic (exact) mass is 300 g/mol. The number of carbonyl (C=O) groups excluding carboxylic acids is 1. The first kappa shape index (κ1) is 18.5. The minimum absolute atomic E-state index is 0.129. The van der Waals surface area contributed by atoms with E-state index in [1.54, 1.807) is 0 Å². The summed E-state index contributed by atoms with van der Waals surface area (Å²) in [6.45, 7) is 1.52. The van der Waals surface area contributed by atoms with Crippen molar-refractivity contribution in [3.05, 3.63) is 0 Å². The van der Waals surface area contributed by atoms with Crippen molar-refractivity contribution >= 4 is 12.0 Å². The highest BCUT2D eigenvalue weighted by molar-refractivity contribution is 5.82. The molecule has 0 spiro atoms. The van der Waals surface area contributed by atoms with Crippen LogP contribution in [0, 0.1) is 0 Å². The summed E-state index contributed by atoms with van der Waals surface area (Å²) < 4.78 is 41.0. The Bertz CT molecular complexity index is 323. The number of alkyl halides is 3. The number of hydrogen-bond acceptors (Lipinski definition) is 3. The average molecular weight is 300 g/mol. The number of halogens is 3. The largest absolute Gasteiger partial charge is 0.480 e. The summed E-state index contributed by atoms with van der Waals surface area (Å²) in [4.78, 5) is 22.3. The molecule has 3 N–H and O–H groups in total. The quantitative estimate of drug-likeness (QED) is 0.593. The van der Waals surface area contributed by atoms with Crippen LogP contribution in [0.5, 0.6) is 0 Å². The van der Waals surface area contributed by atoms with Crippen LogP contribution in [0.3, 0.4) is 0 Å². The van der Waals surface area contributed by atoms with E-state index < -0.39 is 36.7 Å². The van der Waals surface area contributed by atoms with Crippen LogP contribution in [0.15, 0.2) is 0 Å². The Morgan fingerprint density at radius 1 is 1.30 bits per heavy atom. The van der Waals surface area contributed by atoms with Crippen molar-refractivity contribution in [2.45, 2.75) is 44.4 Å². The second-order valence-electron chi connectivity index (χ2n) is 4.36. The molecule has 0 heterocycles. The van der Waals surface area contributed by atoms with Gasteiger partial charge in [-0.3, -0.25) is 0 Å². The third-order valence-corrected chi connectivity index (χ3v) is 2.36. The summed E-state index contributed by atoms with van der Waals surface area (Å²) >= 11 is 0. The second-order valence-corrected chi connectivity index (χ2v) is 4.36. The number of ether oxygens (including phenoxy) is 1. The molecule has 9 heteroatoms. The first-order chi connectivity index (χ1) is 9.15. The van der Waals surface area contributed by atoms with E-state index >= 15 is 0 Å². The van der Waals surface area contributed by atoms with E-state index in [1.807, 2.05) is 5.32 Å². The Hall–Kier alpha value is -1.51. The molecule has 0 aromatic rings. The SMILES string of the molecule is COCCCC(NC(=O)NC(C)CC(F)(F)F)C(=O)O. The molecular formula is C11H19F3N2O4. The molecule has 0 saturated heterocycles. The number of carboxylic acid groups (broad SMARTS) is 1. The number of hydrogen-bond donors (Lipinski definition) is 3. The van der Waals surface area contributed by atoms with Crippen molar-refractivity contribution in [1.82, 2.24) is 10.6 Å². The van der Waals surface area contributed by atoms with Gasteiger partial charge in [0, 0.05) is 19.8 Å². The Morgan fingerprint density at radius 2 is 1.90 bits per heavy atom. The maximum Gasteiger partial charge on any atom is 0.391 e. The summed E-state index contributed by atoms with van der Waals surface area (Å²) in [7, 11) is 1.45. The maximum atomic E-state index is 12.1. The van der Waals surface area contributed by atoms with Gasteiger partial charge in [0.25, 0.3) is 0 Å². The topological polar surface area (TPSA) is 87.7 Å². The molecule has 0 aromatic carbocycles. The molecule has 0 rings (SSSR count). The molecule has 20 heavy (non-hydrogen) atoms. The molecule has 0 bridgehead atoms. The van der Waals surface area contributed by atoms with Crippen LogP contribution in [-0.2, 0) is 9.53 Å². The van der Waals surface area contributed by atoms with Gasteiger partial charge < -0.3 is 20.5 Å². The van der Waals surface area contributed by atoms with Crippen molar-refractivity contribution in [2.75, 3.05) is 13.7 Å². The third-order valence-electron chi connectivity index (χ3n) is 2.36. The summed E-state index contributed by atoms with van der Waals surface area (Å²) in [5, 5.41) is 13.0. The molecule has 0 aliphatic rings. The fourth-order valence-corrected chi connectivity index (χ4v) is 1.51. The smallest absolute Gasteiger partial charge is 0.391 e. The fourth-order valence-electron chi connectivity index (χ4n) is 1.51. The van der Waals surface area contributed by atoms with Crippen molar-refractivity contribution in [2.24, 2.45) is 0 Å². The number of carbonyl (C=O) groups is 2. The molecular weight excluding hydrogens is 281 g/mol. The van der Waals surface area contributed by atoms with Gasteiger partial charge in [0.15, 0.2) is 0 Å². The van der Waals surface area contributed by atoms with Gasteiger partial charge in [0.1, 0.15) is 6.04 Å². The molecule has 0 aliphatic carbocycles. The van der Waals surface area contributed by atoms with Crippen LogP contribution < -0.4 is 10.6 Å². The number of rotatable bonds is 8. The molecule has 0 radical (unpaired) electrons. The average Bonchev–Trinajstić information content (AvgIpc) is 2.24.